The van der Waals surface area contributed by atoms with Gasteiger partial charge in [-0.1, -0.05) is 31.4 Å². The van der Waals surface area contributed by atoms with E-state index in [1.54, 1.807) is 19.2 Å². The average Bonchev–Trinajstić information content (AvgIpc) is 3.11. The van der Waals surface area contributed by atoms with Crippen molar-refractivity contribution in [1.29, 1.82) is 0 Å². The number of nitrogens with zero attached hydrogens (tertiary/aromatic N) is 3. The summed E-state index contributed by atoms with van der Waals surface area (Å²) in [5, 5.41) is 6.98. The molecule has 0 fully saturated rings. The molecule has 3 heterocycles. The molecule has 0 bridgehead atoms. The Labute approximate surface area is 178 Å². The Morgan fingerprint density at radius 3 is 2.90 bits per heavy atom. The number of unbranched alkanes of at least 4 members (excludes halogenated alkanes) is 1. The summed E-state index contributed by atoms with van der Waals surface area (Å²) in [4.78, 5) is 28.0. The highest BCUT2D eigenvalue weighted by atomic mass is 35.5. The van der Waals surface area contributed by atoms with Gasteiger partial charge in [-0.25, -0.2) is 19.3 Å². The molecule has 3 aromatic rings. The summed E-state index contributed by atoms with van der Waals surface area (Å²) in [6, 6.07) is 1.14. The van der Waals surface area contributed by atoms with E-state index >= 15 is 0 Å². The molecule has 0 aliphatic rings. The van der Waals surface area contributed by atoms with E-state index in [0.717, 1.165) is 30.8 Å². The number of aromatic nitrogens is 4. The van der Waals surface area contributed by atoms with Crippen molar-refractivity contribution in [1.82, 2.24) is 25.3 Å². The highest BCUT2D eigenvalue weighted by Gasteiger charge is 2.19. The van der Waals surface area contributed by atoms with Gasteiger partial charge >= 0.3 is 0 Å². The van der Waals surface area contributed by atoms with Crippen LogP contribution in [0.1, 0.15) is 44.3 Å². The summed E-state index contributed by atoms with van der Waals surface area (Å²) in [7, 11) is 0. The molecule has 0 unspecified atom stereocenters. The molecule has 3 rings (SSSR count). The fourth-order valence-corrected chi connectivity index (χ4v) is 3.14. The second kappa shape index (κ2) is 9.17. The number of amides is 1. The third-order valence-corrected chi connectivity index (χ3v) is 4.82. The summed E-state index contributed by atoms with van der Waals surface area (Å²) >= 11 is 6.03. The van der Waals surface area contributed by atoms with Gasteiger partial charge in [0.05, 0.1) is 11.2 Å². The maximum atomic E-state index is 14.3. The first-order valence-electron chi connectivity index (χ1n) is 9.61. The van der Waals surface area contributed by atoms with Crippen molar-refractivity contribution in [3.63, 3.8) is 0 Å². The van der Waals surface area contributed by atoms with Gasteiger partial charge in [0.15, 0.2) is 17.5 Å². The molecule has 1 amide bonds. The summed E-state index contributed by atoms with van der Waals surface area (Å²) < 4.78 is 14.3. The lowest BCUT2D eigenvalue weighted by atomic mass is 10.1. The summed E-state index contributed by atoms with van der Waals surface area (Å²) in [5.41, 5.74) is 1.27. The number of hydrogen-bond donors (Lipinski definition) is 3. The monoisotopic (exact) mass is 424 g/mol. The predicted molar refractivity (Wildman–Crippen MR) is 119 cm³/mol. The molecular formula is C20H30ClFN6O. The standard InChI is InChI=1S/C20H24ClFN6O.3H2/c1-4-5-6-11(2)26-20(29)12(3)27-19-16(22)10-25-18(28-19)15-9-24-17-14(15)7-13(21)8-23-17;;;/h7-12H,4-6H2,1-3H3,(H,23,24)(H,26,29)(H,25,27,28);3*1H/t11-,12-;;;/m0.../s1. The summed E-state index contributed by atoms with van der Waals surface area (Å²) in [6.07, 6.45) is 7.31. The Morgan fingerprint density at radius 1 is 1.34 bits per heavy atom. The number of pyridine rings is 1. The van der Waals surface area contributed by atoms with Crippen molar-refractivity contribution in [2.45, 2.75) is 52.1 Å². The van der Waals surface area contributed by atoms with Gasteiger partial charge in [0.25, 0.3) is 0 Å². The van der Waals surface area contributed by atoms with Crippen LogP contribution in [-0.2, 0) is 4.79 Å². The number of nitrogens with one attached hydrogen (secondary N) is 3. The second-order valence-electron chi connectivity index (χ2n) is 7.06. The smallest absolute Gasteiger partial charge is 0.242 e. The Balaban J connectivity index is 0.00000320. The quantitative estimate of drug-likeness (QED) is 0.470. The Morgan fingerprint density at radius 2 is 2.14 bits per heavy atom. The minimum atomic E-state index is -0.657. The fourth-order valence-electron chi connectivity index (χ4n) is 2.98. The molecule has 0 aromatic carbocycles. The van der Waals surface area contributed by atoms with E-state index in [1.807, 2.05) is 6.92 Å². The predicted octanol–water partition coefficient (Wildman–Crippen LogP) is 5.05. The Kier molecular flexibility index (Phi) is 6.64. The number of hydrogen-bond acceptors (Lipinski definition) is 5. The molecule has 3 N–H and O–H groups in total. The van der Waals surface area contributed by atoms with Crippen LogP contribution in [0.2, 0.25) is 5.02 Å². The molecule has 160 valence electrons. The van der Waals surface area contributed by atoms with E-state index in [9.17, 15) is 9.18 Å². The number of halogens is 2. The third-order valence-electron chi connectivity index (χ3n) is 4.61. The zero-order valence-corrected chi connectivity index (χ0v) is 17.3. The van der Waals surface area contributed by atoms with Crippen LogP contribution in [0.15, 0.2) is 24.7 Å². The first-order valence-corrected chi connectivity index (χ1v) is 9.99. The van der Waals surface area contributed by atoms with Gasteiger partial charge in [0.1, 0.15) is 11.7 Å². The van der Waals surface area contributed by atoms with E-state index in [0.29, 0.717) is 22.1 Å². The third kappa shape index (κ3) is 5.00. The topological polar surface area (TPSA) is 95.6 Å². The highest BCUT2D eigenvalue weighted by molar-refractivity contribution is 6.31. The minimum Gasteiger partial charge on any atom is -0.356 e. The Hall–Kier alpha value is -2.74. The number of fused-ring (bicyclic) bond motifs is 1. The molecule has 3 aromatic heterocycles. The van der Waals surface area contributed by atoms with E-state index in [2.05, 4.69) is 37.5 Å². The molecule has 2 atom stereocenters. The molecule has 0 radical (unpaired) electrons. The number of H-pyrrole nitrogens is 1. The van der Waals surface area contributed by atoms with Crippen LogP contribution < -0.4 is 10.6 Å². The summed E-state index contributed by atoms with van der Waals surface area (Å²) in [5.74, 6) is -0.587. The second-order valence-corrected chi connectivity index (χ2v) is 7.50. The van der Waals surface area contributed by atoms with Crippen molar-refractivity contribution in [3.8, 4) is 11.4 Å². The average molecular weight is 425 g/mol. The van der Waals surface area contributed by atoms with Crippen LogP contribution in [0.5, 0.6) is 0 Å². The largest absolute Gasteiger partial charge is 0.356 e. The van der Waals surface area contributed by atoms with Crippen LogP contribution in [0.4, 0.5) is 10.2 Å². The lowest BCUT2D eigenvalue weighted by Crippen LogP contribution is -2.42. The molecule has 9 heteroatoms. The number of rotatable bonds is 8. The number of carbonyl (C=O) groups is 1. The van der Waals surface area contributed by atoms with Crippen LogP contribution in [-0.4, -0.2) is 37.9 Å². The van der Waals surface area contributed by atoms with Gasteiger partial charge < -0.3 is 15.6 Å². The lowest BCUT2D eigenvalue weighted by Gasteiger charge is -2.19. The first kappa shape index (κ1) is 21.0. The Bertz CT molecular complexity index is 1020. The zero-order chi connectivity index (χ0) is 21.0. The first-order chi connectivity index (χ1) is 13.9. The summed E-state index contributed by atoms with van der Waals surface area (Å²) in [6.45, 7) is 5.73. The van der Waals surface area contributed by atoms with E-state index < -0.39 is 11.9 Å². The maximum absolute atomic E-state index is 14.3. The van der Waals surface area contributed by atoms with Gasteiger partial charge in [-0.3, -0.25) is 4.79 Å². The van der Waals surface area contributed by atoms with Crippen LogP contribution in [0.25, 0.3) is 22.4 Å². The SMILES string of the molecule is CCCC[C@H](C)NC(=O)[C@H](C)Nc1nc(-c2c[nH]c3ncc(Cl)cc23)ncc1F.[HH].[HH].[HH]. The van der Waals surface area contributed by atoms with Crippen molar-refractivity contribution in [2.75, 3.05) is 5.32 Å². The van der Waals surface area contributed by atoms with Crippen LogP contribution in [0.3, 0.4) is 0 Å². The number of anilines is 1. The molecule has 0 aliphatic heterocycles. The van der Waals surface area contributed by atoms with Crippen LogP contribution >= 0.6 is 11.6 Å². The van der Waals surface area contributed by atoms with Crippen molar-refractivity contribution < 1.29 is 13.5 Å². The van der Waals surface area contributed by atoms with Gasteiger partial charge in [0.2, 0.25) is 5.91 Å². The zero-order valence-electron chi connectivity index (χ0n) is 16.6. The molecule has 29 heavy (non-hydrogen) atoms. The van der Waals surface area contributed by atoms with Crippen molar-refractivity contribution in [2.24, 2.45) is 0 Å². The van der Waals surface area contributed by atoms with Crippen molar-refractivity contribution in [3.05, 3.63) is 35.5 Å². The number of aromatic amines is 1. The molecule has 0 saturated heterocycles. The van der Waals surface area contributed by atoms with E-state index in [1.165, 1.54) is 6.20 Å². The van der Waals surface area contributed by atoms with Crippen LogP contribution in [0, 0.1) is 5.82 Å². The molecule has 0 spiro atoms. The molecule has 0 aliphatic carbocycles. The maximum Gasteiger partial charge on any atom is 0.242 e. The fraction of sp³-hybridized carbons (Fsp3) is 0.400. The van der Waals surface area contributed by atoms with Gasteiger partial charge in [-0.05, 0) is 26.3 Å². The highest BCUT2D eigenvalue weighted by Crippen LogP contribution is 2.28. The number of carbonyl (C=O) groups excluding carboxylic acids is 1. The molecule has 7 nitrogen and oxygen atoms in total. The normalized spacial score (nSPS) is 13.3. The molecular weight excluding hydrogens is 395 g/mol. The minimum absolute atomic E-state index is 0. The van der Waals surface area contributed by atoms with Gasteiger partial charge in [-0.15, -0.1) is 0 Å². The van der Waals surface area contributed by atoms with Crippen molar-refractivity contribution >= 4 is 34.4 Å². The molecule has 0 saturated carbocycles. The van der Waals surface area contributed by atoms with Gasteiger partial charge in [0, 0.05) is 33.7 Å². The van der Waals surface area contributed by atoms with Gasteiger partial charge in [-0.2, -0.15) is 0 Å². The van der Waals surface area contributed by atoms with E-state index in [4.69, 9.17) is 11.6 Å². The lowest BCUT2D eigenvalue weighted by molar-refractivity contribution is -0.122. The van der Waals surface area contributed by atoms with E-state index in [-0.39, 0.29) is 22.0 Å².